The predicted molar refractivity (Wildman–Crippen MR) is 44.1 cm³/mol. The molecule has 56 valence electrons. The van der Waals surface area contributed by atoms with Crippen LogP contribution in [0.15, 0.2) is 16.4 Å². The lowest BCUT2D eigenvalue weighted by Gasteiger charge is -2.27. The highest BCUT2D eigenvalue weighted by atomic mass is 15.0. The molecule has 0 fully saturated rings. The van der Waals surface area contributed by atoms with Crippen molar-refractivity contribution in [3.05, 3.63) is 11.4 Å². The van der Waals surface area contributed by atoms with E-state index in [1.54, 1.807) is 0 Å². The van der Waals surface area contributed by atoms with Gasteiger partial charge in [-0.15, -0.1) is 0 Å². The van der Waals surface area contributed by atoms with Gasteiger partial charge in [-0.25, -0.2) is 0 Å². The fourth-order valence-electron chi connectivity index (χ4n) is 0.961. The first kappa shape index (κ1) is 7.32. The van der Waals surface area contributed by atoms with Crippen LogP contribution < -0.4 is 5.32 Å². The van der Waals surface area contributed by atoms with Crippen LogP contribution in [0.25, 0.3) is 0 Å². The molecule has 0 radical (unpaired) electrons. The zero-order chi connectivity index (χ0) is 7.78. The Morgan fingerprint density at radius 1 is 1.40 bits per heavy atom. The molecule has 0 aromatic rings. The molecule has 0 aliphatic carbocycles. The summed E-state index contributed by atoms with van der Waals surface area (Å²) in [4.78, 5) is 4.26. The molecule has 0 saturated heterocycles. The molecule has 0 spiro atoms. The van der Waals surface area contributed by atoms with E-state index in [0.717, 1.165) is 5.70 Å². The molecule has 0 aromatic carbocycles. The van der Waals surface area contributed by atoms with Crippen molar-refractivity contribution in [3.63, 3.8) is 0 Å². The van der Waals surface area contributed by atoms with Crippen LogP contribution in [0.4, 0.5) is 0 Å². The molecule has 0 bridgehead atoms. The molecule has 1 aliphatic rings. The summed E-state index contributed by atoms with van der Waals surface area (Å²) >= 11 is 0. The molecule has 0 amide bonds. The fourth-order valence-corrected chi connectivity index (χ4v) is 0.961. The SMILES string of the molecule is CC1=C(C)NC(C)(C)C=N1. The summed E-state index contributed by atoms with van der Waals surface area (Å²) in [6.07, 6.45) is 1.94. The Labute approximate surface area is 62.0 Å². The first-order valence-electron chi connectivity index (χ1n) is 3.52. The van der Waals surface area contributed by atoms with E-state index in [1.165, 1.54) is 5.70 Å². The smallest absolute Gasteiger partial charge is 0.0668 e. The van der Waals surface area contributed by atoms with Crippen LogP contribution in [0.5, 0.6) is 0 Å². The van der Waals surface area contributed by atoms with Gasteiger partial charge in [0.2, 0.25) is 0 Å². The Hall–Kier alpha value is -0.790. The van der Waals surface area contributed by atoms with Crippen LogP contribution in [0, 0.1) is 0 Å². The van der Waals surface area contributed by atoms with Gasteiger partial charge in [0.1, 0.15) is 0 Å². The minimum atomic E-state index is 0.0313. The van der Waals surface area contributed by atoms with Gasteiger partial charge in [-0.3, -0.25) is 4.99 Å². The molecule has 2 nitrogen and oxygen atoms in total. The van der Waals surface area contributed by atoms with Crippen LogP contribution in [0.2, 0.25) is 0 Å². The zero-order valence-electron chi connectivity index (χ0n) is 7.02. The molecule has 0 atom stereocenters. The van der Waals surface area contributed by atoms with Crippen molar-refractivity contribution in [1.29, 1.82) is 0 Å². The highest BCUT2D eigenvalue weighted by molar-refractivity contribution is 5.72. The van der Waals surface area contributed by atoms with Crippen molar-refractivity contribution in [2.45, 2.75) is 33.2 Å². The van der Waals surface area contributed by atoms with E-state index in [2.05, 4.69) is 24.2 Å². The third kappa shape index (κ3) is 1.38. The van der Waals surface area contributed by atoms with Crippen LogP contribution in [-0.4, -0.2) is 11.8 Å². The summed E-state index contributed by atoms with van der Waals surface area (Å²) in [5, 5.41) is 3.34. The third-order valence-electron chi connectivity index (χ3n) is 1.63. The van der Waals surface area contributed by atoms with Gasteiger partial charge in [0.15, 0.2) is 0 Å². The van der Waals surface area contributed by atoms with E-state index in [4.69, 9.17) is 0 Å². The van der Waals surface area contributed by atoms with Crippen LogP contribution >= 0.6 is 0 Å². The van der Waals surface area contributed by atoms with Gasteiger partial charge in [0.05, 0.1) is 11.2 Å². The Kier molecular flexibility index (Phi) is 1.55. The van der Waals surface area contributed by atoms with E-state index in [-0.39, 0.29) is 5.54 Å². The molecule has 1 N–H and O–H groups in total. The maximum atomic E-state index is 4.26. The number of rotatable bonds is 0. The third-order valence-corrected chi connectivity index (χ3v) is 1.63. The summed E-state index contributed by atoms with van der Waals surface area (Å²) < 4.78 is 0. The van der Waals surface area contributed by atoms with Gasteiger partial charge in [0.25, 0.3) is 0 Å². The Balaban J connectivity index is 2.85. The zero-order valence-corrected chi connectivity index (χ0v) is 7.02. The molecule has 10 heavy (non-hydrogen) atoms. The van der Waals surface area contributed by atoms with Gasteiger partial charge in [-0.1, -0.05) is 0 Å². The highest BCUT2D eigenvalue weighted by Gasteiger charge is 2.17. The van der Waals surface area contributed by atoms with Crippen molar-refractivity contribution in [3.8, 4) is 0 Å². The number of nitrogens with zero attached hydrogens (tertiary/aromatic N) is 1. The van der Waals surface area contributed by atoms with E-state index in [1.807, 2.05) is 20.1 Å². The van der Waals surface area contributed by atoms with Crippen molar-refractivity contribution in [2.75, 3.05) is 0 Å². The summed E-state index contributed by atoms with van der Waals surface area (Å²) in [6, 6.07) is 0. The van der Waals surface area contributed by atoms with Crippen molar-refractivity contribution in [2.24, 2.45) is 4.99 Å². The molecule has 2 heteroatoms. The first-order valence-corrected chi connectivity index (χ1v) is 3.52. The molecule has 0 aromatic heterocycles. The van der Waals surface area contributed by atoms with Gasteiger partial charge in [0, 0.05) is 11.9 Å². The van der Waals surface area contributed by atoms with Gasteiger partial charge < -0.3 is 5.32 Å². The van der Waals surface area contributed by atoms with Crippen LogP contribution in [0.1, 0.15) is 27.7 Å². The summed E-state index contributed by atoms with van der Waals surface area (Å²) in [6.45, 7) is 8.26. The monoisotopic (exact) mass is 138 g/mol. The minimum Gasteiger partial charge on any atom is -0.377 e. The highest BCUT2D eigenvalue weighted by Crippen LogP contribution is 2.12. The lowest BCUT2D eigenvalue weighted by Crippen LogP contribution is -2.41. The van der Waals surface area contributed by atoms with Crippen molar-refractivity contribution in [1.82, 2.24) is 5.32 Å². The lowest BCUT2D eigenvalue weighted by atomic mass is 10.1. The fraction of sp³-hybridized carbons (Fsp3) is 0.625. The van der Waals surface area contributed by atoms with Crippen molar-refractivity contribution < 1.29 is 0 Å². The maximum Gasteiger partial charge on any atom is 0.0668 e. The number of nitrogens with one attached hydrogen (secondary N) is 1. The maximum absolute atomic E-state index is 4.26. The molecule has 1 heterocycles. The lowest BCUT2D eigenvalue weighted by molar-refractivity contribution is 0.562. The summed E-state index contributed by atoms with van der Waals surface area (Å²) in [5.41, 5.74) is 2.29. The van der Waals surface area contributed by atoms with Gasteiger partial charge in [-0.05, 0) is 27.7 Å². The number of aliphatic imine (C=N–C) groups is 1. The average Bonchev–Trinajstić information content (AvgIpc) is 1.79. The molecule has 1 aliphatic heterocycles. The largest absolute Gasteiger partial charge is 0.377 e. The first-order chi connectivity index (χ1) is 4.51. The Morgan fingerprint density at radius 3 is 2.40 bits per heavy atom. The second-order valence-electron chi connectivity index (χ2n) is 3.32. The molecule has 0 saturated carbocycles. The Bertz CT molecular complexity index is 199. The van der Waals surface area contributed by atoms with E-state index in [9.17, 15) is 0 Å². The summed E-state index contributed by atoms with van der Waals surface area (Å²) in [7, 11) is 0. The quantitative estimate of drug-likeness (QED) is 0.541. The van der Waals surface area contributed by atoms with E-state index >= 15 is 0 Å². The Morgan fingerprint density at radius 2 is 2.00 bits per heavy atom. The summed E-state index contributed by atoms with van der Waals surface area (Å²) in [5.74, 6) is 0. The van der Waals surface area contributed by atoms with Gasteiger partial charge in [-0.2, -0.15) is 0 Å². The van der Waals surface area contributed by atoms with E-state index < -0.39 is 0 Å². The number of hydrogen-bond donors (Lipinski definition) is 1. The van der Waals surface area contributed by atoms with Crippen LogP contribution in [-0.2, 0) is 0 Å². The second kappa shape index (κ2) is 2.11. The normalized spacial score (nSPS) is 22.8. The molecular formula is C8H14N2. The minimum absolute atomic E-state index is 0.0313. The van der Waals surface area contributed by atoms with Crippen LogP contribution in [0.3, 0.4) is 0 Å². The second-order valence-corrected chi connectivity index (χ2v) is 3.32. The number of hydrogen-bond acceptors (Lipinski definition) is 2. The topological polar surface area (TPSA) is 24.4 Å². The van der Waals surface area contributed by atoms with Crippen molar-refractivity contribution >= 4 is 6.21 Å². The van der Waals surface area contributed by atoms with Gasteiger partial charge >= 0.3 is 0 Å². The molecule has 1 rings (SSSR count). The predicted octanol–water partition coefficient (Wildman–Crippen LogP) is 1.69. The molecule has 0 unspecified atom stereocenters. The number of allylic oxidation sites excluding steroid dienone is 2. The average molecular weight is 138 g/mol. The van der Waals surface area contributed by atoms with E-state index in [0.29, 0.717) is 0 Å². The molecular weight excluding hydrogens is 124 g/mol. The standard InChI is InChI=1S/C8H14N2/c1-6-7(2)10-8(3,4)5-9-6/h5,10H,1-4H3.